The fourth-order valence-corrected chi connectivity index (χ4v) is 1.63. The Balaban J connectivity index is 2.32. The third kappa shape index (κ3) is 2.58. The first-order valence-corrected chi connectivity index (χ1v) is 5.37. The lowest BCUT2D eigenvalue weighted by Gasteiger charge is -2.10. The Hall–Kier alpha value is -2.34. The summed E-state index contributed by atoms with van der Waals surface area (Å²) in [6.07, 6.45) is -1.19. The molecule has 1 aromatic heterocycles. The highest BCUT2D eigenvalue weighted by Crippen LogP contribution is 2.28. The Labute approximate surface area is 107 Å². The summed E-state index contributed by atoms with van der Waals surface area (Å²) in [4.78, 5) is 10.7. The molecular formula is C13H11FO5. The van der Waals surface area contributed by atoms with Gasteiger partial charge in [-0.2, -0.15) is 0 Å². The number of carbonyl (C=O) groups is 1. The second-order valence-corrected chi connectivity index (χ2v) is 3.80. The number of methoxy groups -OCH3 is 1. The second kappa shape index (κ2) is 5.11. The van der Waals surface area contributed by atoms with Crippen LogP contribution in [0.4, 0.5) is 4.39 Å². The second-order valence-electron chi connectivity index (χ2n) is 3.80. The minimum atomic E-state index is -1.23. The topological polar surface area (TPSA) is 79.9 Å². The number of hydrogen-bond acceptors (Lipinski definition) is 4. The zero-order chi connectivity index (χ0) is 14.0. The number of aliphatic hydroxyl groups is 1. The minimum Gasteiger partial charge on any atom is -0.494 e. The van der Waals surface area contributed by atoms with Gasteiger partial charge in [-0.15, -0.1) is 0 Å². The first-order valence-electron chi connectivity index (χ1n) is 5.37. The van der Waals surface area contributed by atoms with E-state index >= 15 is 0 Å². The molecule has 2 N–H and O–H groups in total. The fourth-order valence-electron chi connectivity index (χ4n) is 1.63. The summed E-state index contributed by atoms with van der Waals surface area (Å²) in [6, 6.07) is 6.43. The Morgan fingerprint density at radius 2 is 2.11 bits per heavy atom. The largest absolute Gasteiger partial charge is 0.494 e. The van der Waals surface area contributed by atoms with Crippen LogP contribution in [0.25, 0.3) is 0 Å². The maximum atomic E-state index is 13.2. The average molecular weight is 266 g/mol. The zero-order valence-electron chi connectivity index (χ0n) is 9.96. The van der Waals surface area contributed by atoms with Crippen LogP contribution in [0.5, 0.6) is 5.75 Å². The van der Waals surface area contributed by atoms with Crippen molar-refractivity contribution in [1.29, 1.82) is 0 Å². The maximum absolute atomic E-state index is 13.2. The third-order valence-corrected chi connectivity index (χ3v) is 2.60. The van der Waals surface area contributed by atoms with Crippen molar-refractivity contribution in [2.24, 2.45) is 0 Å². The molecule has 0 radical (unpaired) electrons. The highest BCUT2D eigenvalue weighted by atomic mass is 19.1. The number of halogens is 1. The van der Waals surface area contributed by atoms with Crippen LogP contribution in [0.1, 0.15) is 28.0 Å². The number of aliphatic hydroxyl groups excluding tert-OH is 1. The van der Waals surface area contributed by atoms with E-state index in [1.54, 1.807) is 0 Å². The molecule has 1 heterocycles. The van der Waals surface area contributed by atoms with Crippen molar-refractivity contribution in [3.05, 3.63) is 53.2 Å². The van der Waals surface area contributed by atoms with Gasteiger partial charge in [0.1, 0.15) is 11.9 Å². The molecule has 1 unspecified atom stereocenters. The number of benzene rings is 1. The number of rotatable bonds is 4. The van der Waals surface area contributed by atoms with Gasteiger partial charge >= 0.3 is 5.97 Å². The summed E-state index contributed by atoms with van der Waals surface area (Å²) in [5.41, 5.74) is 0.338. The summed E-state index contributed by atoms with van der Waals surface area (Å²) < 4.78 is 23.0. The van der Waals surface area contributed by atoms with Gasteiger partial charge in [0.2, 0.25) is 5.76 Å². The molecule has 0 saturated heterocycles. The lowest BCUT2D eigenvalue weighted by Crippen LogP contribution is -2.00. The summed E-state index contributed by atoms with van der Waals surface area (Å²) in [7, 11) is 1.31. The van der Waals surface area contributed by atoms with E-state index in [-0.39, 0.29) is 17.3 Å². The molecule has 0 aliphatic heterocycles. The van der Waals surface area contributed by atoms with Crippen LogP contribution in [-0.4, -0.2) is 23.3 Å². The van der Waals surface area contributed by atoms with Crippen LogP contribution < -0.4 is 4.74 Å². The molecule has 0 saturated carbocycles. The summed E-state index contributed by atoms with van der Waals surface area (Å²) >= 11 is 0. The van der Waals surface area contributed by atoms with Gasteiger partial charge in [0.25, 0.3) is 0 Å². The van der Waals surface area contributed by atoms with Crippen molar-refractivity contribution in [2.45, 2.75) is 6.10 Å². The van der Waals surface area contributed by atoms with Gasteiger partial charge in [-0.25, -0.2) is 9.18 Å². The molecule has 0 aliphatic rings. The van der Waals surface area contributed by atoms with Crippen molar-refractivity contribution < 1.29 is 28.6 Å². The molecule has 0 aliphatic carbocycles. The van der Waals surface area contributed by atoms with Crippen LogP contribution >= 0.6 is 0 Å². The molecule has 2 aromatic rings. The molecular weight excluding hydrogens is 255 g/mol. The molecule has 2 rings (SSSR count). The molecule has 100 valence electrons. The Bertz CT molecular complexity index is 605. The quantitative estimate of drug-likeness (QED) is 0.886. The summed E-state index contributed by atoms with van der Waals surface area (Å²) in [5, 5.41) is 18.8. The van der Waals surface area contributed by atoms with Crippen LogP contribution in [0.3, 0.4) is 0 Å². The molecule has 1 aromatic carbocycles. The smallest absolute Gasteiger partial charge is 0.371 e. The monoisotopic (exact) mass is 266 g/mol. The molecule has 1 atom stereocenters. The fraction of sp³-hybridized carbons (Fsp3) is 0.154. The van der Waals surface area contributed by atoms with E-state index < -0.39 is 17.9 Å². The minimum absolute atomic E-state index is 0.0124. The van der Waals surface area contributed by atoms with E-state index in [2.05, 4.69) is 0 Å². The normalized spacial score (nSPS) is 12.2. The lowest BCUT2D eigenvalue weighted by molar-refractivity contribution is 0.0655. The van der Waals surface area contributed by atoms with Crippen molar-refractivity contribution >= 4 is 5.97 Å². The van der Waals surface area contributed by atoms with E-state index in [9.17, 15) is 14.3 Å². The highest BCUT2D eigenvalue weighted by Gasteiger charge is 2.18. The predicted molar refractivity (Wildman–Crippen MR) is 62.7 cm³/mol. The van der Waals surface area contributed by atoms with Crippen LogP contribution in [0, 0.1) is 5.82 Å². The zero-order valence-corrected chi connectivity index (χ0v) is 9.96. The summed E-state index contributed by atoms with van der Waals surface area (Å²) in [6.45, 7) is 0. The van der Waals surface area contributed by atoms with Crippen LogP contribution in [0.15, 0.2) is 34.7 Å². The number of hydrogen-bond donors (Lipinski definition) is 2. The molecule has 0 spiro atoms. The number of furan rings is 1. The van der Waals surface area contributed by atoms with E-state index in [0.717, 1.165) is 6.07 Å². The molecule has 0 amide bonds. The Morgan fingerprint density at radius 1 is 1.37 bits per heavy atom. The van der Waals surface area contributed by atoms with Crippen molar-refractivity contribution in [1.82, 2.24) is 0 Å². The van der Waals surface area contributed by atoms with Gasteiger partial charge in [-0.1, -0.05) is 6.07 Å². The van der Waals surface area contributed by atoms with Gasteiger partial charge < -0.3 is 19.4 Å². The molecule has 19 heavy (non-hydrogen) atoms. The highest BCUT2D eigenvalue weighted by molar-refractivity contribution is 5.84. The predicted octanol–water partition coefficient (Wildman–Crippen LogP) is 2.21. The standard InChI is InChI=1S/C13H11FO5/c1-18-11-6-7(2-3-8(11)14)12(15)9-4-5-10(19-9)13(16)17/h2-6,12,15H,1H3,(H,16,17). The number of carboxylic acids is 1. The van der Waals surface area contributed by atoms with E-state index in [0.29, 0.717) is 5.56 Å². The first kappa shape index (κ1) is 13.1. The SMILES string of the molecule is COc1cc(C(O)c2ccc(C(=O)O)o2)ccc1F. The molecule has 0 bridgehead atoms. The van der Waals surface area contributed by atoms with E-state index in [1.165, 1.54) is 31.4 Å². The van der Waals surface area contributed by atoms with Gasteiger partial charge in [-0.3, -0.25) is 0 Å². The van der Waals surface area contributed by atoms with Gasteiger partial charge in [0.05, 0.1) is 7.11 Å². The van der Waals surface area contributed by atoms with Gasteiger partial charge in [0, 0.05) is 0 Å². The number of carboxylic acid groups (broad SMARTS) is 1. The number of ether oxygens (including phenoxy) is 1. The average Bonchev–Trinajstić information content (AvgIpc) is 2.88. The van der Waals surface area contributed by atoms with Crippen LogP contribution in [0.2, 0.25) is 0 Å². The molecule has 0 fully saturated rings. The van der Waals surface area contributed by atoms with E-state index in [1.807, 2.05) is 0 Å². The van der Waals surface area contributed by atoms with Gasteiger partial charge in [0.15, 0.2) is 11.6 Å². The Kier molecular flexibility index (Phi) is 3.52. The maximum Gasteiger partial charge on any atom is 0.371 e. The Morgan fingerprint density at radius 3 is 2.68 bits per heavy atom. The van der Waals surface area contributed by atoms with Crippen molar-refractivity contribution in [2.75, 3.05) is 7.11 Å². The van der Waals surface area contributed by atoms with Crippen LogP contribution in [-0.2, 0) is 0 Å². The number of aromatic carboxylic acids is 1. The molecule has 5 nitrogen and oxygen atoms in total. The van der Waals surface area contributed by atoms with Gasteiger partial charge in [-0.05, 0) is 29.8 Å². The molecule has 6 heteroatoms. The third-order valence-electron chi connectivity index (χ3n) is 2.60. The lowest BCUT2D eigenvalue weighted by atomic mass is 10.1. The first-order chi connectivity index (χ1) is 9.02. The van der Waals surface area contributed by atoms with Crippen molar-refractivity contribution in [3.8, 4) is 5.75 Å². The van der Waals surface area contributed by atoms with E-state index in [4.69, 9.17) is 14.3 Å². The van der Waals surface area contributed by atoms with Crippen molar-refractivity contribution in [3.63, 3.8) is 0 Å². The summed E-state index contributed by atoms with van der Waals surface area (Å²) in [5.74, 6) is -2.00.